The molecule has 0 aliphatic heterocycles. The molecule has 0 atom stereocenters. The zero-order valence-electron chi connectivity index (χ0n) is 8.50. The molecule has 0 heterocycles. The van der Waals surface area contributed by atoms with E-state index in [0.717, 1.165) is 3.57 Å². The number of hydrogen-bond acceptors (Lipinski definition) is 2. The van der Waals surface area contributed by atoms with E-state index >= 15 is 0 Å². The van der Waals surface area contributed by atoms with Crippen LogP contribution < -0.4 is 16.4 Å². The maximum absolute atomic E-state index is 11.7. The molecule has 5 nitrogen and oxygen atoms in total. The number of nitrogens with one attached hydrogen (secondary N) is 2. The molecule has 0 aliphatic rings. The van der Waals surface area contributed by atoms with E-state index in [9.17, 15) is 9.59 Å². The van der Waals surface area contributed by atoms with Gasteiger partial charge in [0.2, 0.25) is 0 Å². The molecule has 1 aromatic carbocycles. The van der Waals surface area contributed by atoms with Crippen LogP contribution in [0.15, 0.2) is 24.3 Å². The average molecular weight is 333 g/mol. The van der Waals surface area contributed by atoms with Crippen LogP contribution in [-0.4, -0.2) is 25.0 Å². The fourth-order valence-corrected chi connectivity index (χ4v) is 1.73. The van der Waals surface area contributed by atoms with Crippen molar-refractivity contribution in [3.05, 3.63) is 33.4 Å². The SMILES string of the molecule is NC(=O)NCCNC(=O)c1ccccc1I. The third kappa shape index (κ3) is 4.05. The molecule has 3 amide bonds. The van der Waals surface area contributed by atoms with Gasteiger partial charge in [0.25, 0.3) is 5.91 Å². The number of hydrogen-bond donors (Lipinski definition) is 3. The van der Waals surface area contributed by atoms with E-state index in [0.29, 0.717) is 18.7 Å². The van der Waals surface area contributed by atoms with Gasteiger partial charge in [-0.15, -0.1) is 0 Å². The number of halogens is 1. The molecule has 0 bridgehead atoms. The molecular weight excluding hydrogens is 321 g/mol. The van der Waals surface area contributed by atoms with Crippen molar-refractivity contribution in [2.75, 3.05) is 13.1 Å². The van der Waals surface area contributed by atoms with Gasteiger partial charge in [0.15, 0.2) is 0 Å². The van der Waals surface area contributed by atoms with Gasteiger partial charge in [-0.1, -0.05) is 12.1 Å². The van der Waals surface area contributed by atoms with Crippen molar-refractivity contribution in [3.63, 3.8) is 0 Å². The van der Waals surface area contributed by atoms with Gasteiger partial charge in [0.05, 0.1) is 5.56 Å². The Morgan fingerprint density at radius 3 is 2.44 bits per heavy atom. The summed E-state index contributed by atoms with van der Waals surface area (Å²) in [6.45, 7) is 0.678. The molecule has 1 aromatic rings. The van der Waals surface area contributed by atoms with Gasteiger partial charge < -0.3 is 16.4 Å². The van der Waals surface area contributed by atoms with E-state index in [1.165, 1.54) is 0 Å². The number of amides is 3. The van der Waals surface area contributed by atoms with E-state index in [-0.39, 0.29) is 5.91 Å². The first kappa shape index (κ1) is 12.8. The maximum Gasteiger partial charge on any atom is 0.312 e. The molecular formula is C10H12IN3O2. The highest BCUT2D eigenvalue weighted by molar-refractivity contribution is 14.1. The minimum Gasteiger partial charge on any atom is -0.352 e. The molecule has 0 fully saturated rings. The third-order valence-electron chi connectivity index (χ3n) is 1.83. The summed E-state index contributed by atoms with van der Waals surface area (Å²) >= 11 is 2.10. The number of primary amides is 1. The highest BCUT2D eigenvalue weighted by Gasteiger charge is 2.07. The summed E-state index contributed by atoms with van der Waals surface area (Å²) in [5.74, 6) is -0.156. The number of carbonyl (C=O) groups is 2. The van der Waals surface area contributed by atoms with Gasteiger partial charge in [0, 0.05) is 16.7 Å². The molecule has 86 valence electrons. The summed E-state index contributed by atoms with van der Waals surface area (Å²) in [6, 6.07) is 6.69. The smallest absolute Gasteiger partial charge is 0.312 e. The van der Waals surface area contributed by atoms with E-state index in [2.05, 4.69) is 33.2 Å². The van der Waals surface area contributed by atoms with Crippen molar-refractivity contribution in [2.45, 2.75) is 0 Å². The monoisotopic (exact) mass is 333 g/mol. The third-order valence-corrected chi connectivity index (χ3v) is 2.77. The van der Waals surface area contributed by atoms with Gasteiger partial charge in [0.1, 0.15) is 0 Å². The van der Waals surface area contributed by atoms with Crippen LogP contribution in [0, 0.1) is 3.57 Å². The fraction of sp³-hybridized carbons (Fsp3) is 0.200. The highest BCUT2D eigenvalue weighted by Crippen LogP contribution is 2.10. The lowest BCUT2D eigenvalue weighted by atomic mass is 10.2. The summed E-state index contributed by atoms with van der Waals surface area (Å²) < 4.78 is 0.889. The number of urea groups is 1. The molecule has 0 saturated carbocycles. The largest absolute Gasteiger partial charge is 0.352 e. The van der Waals surface area contributed by atoms with Crippen molar-refractivity contribution >= 4 is 34.5 Å². The molecule has 0 spiro atoms. The number of carbonyl (C=O) groups excluding carboxylic acids is 2. The average Bonchev–Trinajstić information content (AvgIpc) is 2.24. The molecule has 0 aliphatic carbocycles. The molecule has 0 saturated heterocycles. The molecule has 4 N–H and O–H groups in total. The Kier molecular flexibility index (Phi) is 5.03. The molecule has 0 radical (unpaired) electrons. The number of nitrogens with two attached hydrogens (primary N) is 1. The van der Waals surface area contributed by atoms with Gasteiger partial charge in [-0.05, 0) is 34.7 Å². The molecule has 0 unspecified atom stereocenters. The van der Waals surface area contributed by atoms with Gasteiger partial charge in [-0.3, -0.25) is 4.79 Å². The fourth-order valence-electron chi connectivity index (χ4n) is 1.10. The van der Waals surface area contributed by atoms with Crippen LogP contribution in [0.5, 0.6) is 0 Å². The summed E-state index contributed by atoms with van der Waals surface area (Å²) in [5.41, 5.74) is 5.51. The standard InChI is InChI=1S/C10H12IN3O2/c11-8-4-2-1-3-7(8)9(15)13-5-6-14-10(12)16/h1-4H,5-6H2,(H,13,15)(H3,12,14,16). The molecule has 0 aromatic heterocycles. The van der Waals surface area contributed by atoms with Crippen molar-refractivity contribution in [2.24, 2.45) is 5.73 Å². The molecule has 16 heavy (non-hydrogen) atoms. The van der Waals surface area contributed by atoms with Crippen molar-refractivity contribution in [3.8, 4) is 0 Å². The van der Waals surface area contributed by atoms with Crippen LogP contribution >= 0.6 is 22.6 Å². The first-order valence-electron chi connectivity index (χ1n) is 4.67. The first-order valence-corrected chi connectivity index (χ1v) is 5.75. The van der Waals surface area contributed by atoms with Crippen LogP contribution in [0.25, 0.3) is 0 Å². The Morgan fingerprint density at radius 2 is 1.81 bits per heavy atom. The molecule has 6 heteroatoms. The van der Waals surface area contributed by atoms with Gasteiger partial charge in [-0.25, -0.2) is 4.79 Å². The van der Waals surface area contributed by atoms with Crippen LogP contribution in [0.4, 0.5) is 4.79 Å². The Morgan fingerprint density at radius 1 is 1.19 bits per heavy atom. The Hall–Kier alpha value is -1.31. The van der Waals surface area contributed by atoms with Crippen LogP contribution in [0.1, 0.15) is 10.4 Å². The normalized spacial score (nSPS) is 9.56. The number of rotatable bonds is 4. The lowest BCUT2D eigenvalue weighted by Crippen LogP contribution is -2.37. The lowest BCUT2D eigenvalue weighted by Gasteiger charge is -2.06. The van der Waals surface area contributed by atoms with Crippen LogP contribution in [-0.2, 0) is 0 Å². The second kappa shape index (κ2) is 6.31. The predicted octanol–water partition coefficient (Wildman–Crippen LogP) is 0.689. The zero-order valence-corrected chi connectivity index (χ0v) is 10.7. The minimum atomic E-state index is -0.594. The Bertz CT molecular complexity index is 395. The van der Waals surface area contributed by atoms with Crippen molar-refractivity contribution in [1.29, 1.82) is 0 Å². The quantitative estimate of drug-likeness (QED) is 0.560. The zero-order chi connectivity index (χ0) is 12.0. The second-order valence-corrected chi connectivity index (χ2v) is 4.19. The van der Waals surface area contributed by atoms with Crippen LogP contribution in [0.3, 0.4) is 0 Å². The summed E-state index contributed by atoms with van der Waals surface area (Å²) in [5, 5.41) is 5.07. The van der Waals surface area contributed by atoms with Crippen LogP contribution in [0.2, 0.25) is 0 Å². The Balaban J connectivity index is 2.41. The minimum absolute atomic E-state index is 0.156. The second-order valence-electron chi connectivity index (χ2n) is 3.03. The predicted molar refractivity (Wildman–Crippen MR) is 69.1 cm³/mol. The van der Waals surface area contributed by atoms with Gasteiger partial charge >= 0.3 is 6.03 Å². The Labute approximate surface area is 107 Å². The van der Waals surface area contributed by atoms with E-state index in [4.69, 9.17) is 5.73 Å². The number of benzene rings is 1. The summed E-state index contributed by atoms with van der Waals surface area (Å²) in [6.07, 6.45) is 0. The highest BCUT2D eigenvalue weighted by atomic mass is 127. The molecule has 1 rings (SSSR count). The maximum atomic E-state index is 11.7. The van der Waals surface area contributed by atoms with E-state index < -0.39 is 6.03 Å². The van der Waals surface area contributed by atoms with Crippen molar-refractivity contribution < 1.29 is 9.59 Å². The van der Waals surface area contributed by atoms with Crippen molar-refractivity contribution in [1.82, 2.24) is 10.6 Å². The first-order chi connectivity index (χ1) is 7.61. The van der Waals surface area contributed by atoms with Gasteiger partial charge in [-0.2, -0.15) is 0 Å². The van der Waals surface area contributed by atoms with E-state index in [1.807, 2.05) is 12.1 Å². The summed E-state index contributed by atoms with van der Waals surface area (Å²) in [4.78, 5) is 22.0. The van der Waals surface area contributed by atoms with E-state index in [1.54, 1.807) is 12.1 Å². The summed E-state index contributed by atoms with van der Waals surface area (Å²) in [7, 11) is 0. The topological polar surface area (TPSA) is 84.2 Å². The lowest BCUT2D eigenvalue weighted by molar-refractivity contribution is 0.0953.